The van der Waals surface area contributed by atoms with Crippen molar-refractivity contribution >= 4 is 29.1 Å². The van der Waals surface area contributed by atoms with Gasteiger partial charge >= 0.3 is 0 Å². The fourth-order valence-electron chi connectivity index (χ4n) is 2.41. The smallest absolute Gasteiger partial charge is 0.228 e. The van der Waals surface area contributed by atoms with Crippen LogP contribution in [0.4, 0.5) is 5.69 Å². The molecule has 2 rings (SSSR count). The van der Waals surface area contributed by atoms with Gasteiger partial charge in [0.15, 0.2) is 0 Å². The van der Waals surface area contributed by atoms with E-state index in [9.17, 15) is 9.59 Å². The van der Waals surface area contributed by atoms with Crippen molar-refractivity contribution in [1.29, 1.82) is 0 Å². The van der Waals surface area contributed by atoms with E-state index >= 15 is 0 Å². The Balaban J connectivity index is 2.02. The highest BCUT2D eigenvalue weighted by atomic mass is 35.5. The van der Waals surface area contributed by atoms with Gasteiger partial charge in [-0.15, -0.1) is 0 Å². The monoisotopic (exact) mass is 354 g/mol. The van der Waals surface area contributed by atoms with E-state index in [4.69, 9.17) is 21.1 Å². The van der Waals surface area contributed by atoms with Crippen LogP contribution in [0.5, 0.6) is 11.5 Å². The standard InChI is InChI=1S/C17H23ClN2O4/c1-5-9(2)19-16(21)10-6-11(10)17(22)20-13-8-14(23-3)12(18)7-15(13)24-4/h7-11H,5-6H2,1-4H3,(H,19,21)(H,20,22). The van der Waals surface area contributed by atoms with Crippen molar-refractivity contribution in [2.24, 2.45) is 11.8 Å². The first-order valence-corrected chi connectivity index (χ1v) is 8.31. The van der Waals surface area contributed by atoms with Gasteiger partial charge in [-0.25, -0.2) is 0 Å². The molecule has 0 heterocycles. The molecule has 1 aromatic carbocycles. The van der Waals surface area contributed by atoms with Crippen LogP contribution in [0.25, 0.3) is 0 Å². The molecular formula is C17H23ClN2O4. The number of hydrogen-bond acceptors (Lipinski definition) is 4. The van der Waals surface area contributed by atoms with E-state index in [1.807, 2.05) is 13.8 Å². The van der Waals surface area contributed by atoms with E-state index in [-0.39, 0.29) is 29.7 Å². The van der Waals surface area contributed by atoms with Crippen LogP contribution in [0.15, 0.2) is 12.1 Å². The largest absolute Gasteiger partial charge is 0.495 e. The summed E-state index contributed by atoms with van der Waals surface area (Å²) in [6, 6.07) is 3.30. The molecule has 1 saturated carbocycles. The topological polar surface area (TPSA) is 76.7 Å². The number of halogens is 1. The van der Waals surface area contributed by atoms with Gasteiger partial charge in [-0.05, 0) is 19.8 Å². The van der Waals surface area contributed by atoms with Crippen molar-refractivity contribution in [3.63, 3.8) is 0 Å². The zero-order valence-electron chi connectivity index (χ0n) is 14.3. The molecule has 2 N–H and O–H groups in total. The fraction of sp³-hybridized carbons (Fsp3) is 0.529. The Labute approximate surface area is 146 Å². The lowest BCUT2D eigenvalue weighted by atomic mass is 10.2. The summed E-state index contributed by atoms with van der Waals surface area (Å²) < 4.78 is 10.4. The minimum atomic E-state index is -0.319. The zero-order valence-corrected chi connectivity index (χ0v) is 15.1. The van der Waals surface area contributed by atoms with Crippen LogP contribution < -0.4 is 20.1 Å². The summed E-state index contributed by atoms with van der Waals surface area (Å²) in [5.41, 5.74) is 0.469. The van der Waals surface area contributed by atoms with E-state index in [1.54, 1.807) is 12.1 Å². The highest BCUT2D eigenvalue weighted by Gasteiger charge is 2.48. The third-order valence-corrected chi connectivity index (χ3v) is 4.49. The Bertz CT molecular complexity index is 635. The van der Waals surface area contributed by atoms with Crippen molar-refractivity contribution in [2.45, 2.75) is 32.7 Å². The number of methoxy groups -OCH3 is 2. The molecule has 1 aliphatic rings. The number of carbonyl (C=O) groups excluding carboxylic acids is 2. The summed E-state index contributed by atoms with van der Waals surface area (Å²) in [4.78, 5) is 24.4. The van der Waals surface area contributed by atoms with E-state index in [1.165, 1.54) is 14.2 Å². The normalized spacial score (nSPS) is 20.0. The molecule has 24 heavy (non-hydrogen) atoms. The van der Waals surface area contributed by atoms with Crippen molar-refractivity contribution in [2.75, 3.05) is 19.5 Å². The first kappa shape index (κ1) is 18.4. The van der Waals surface area contributed by atoms with E-state index in [2.05, 4.69) is 10.6 Å². The molecule has 1 fully saturated rings. The lowest BCUT2D eigenvalue weighted by Crippen LogP contribution is -2.34. The van der Waals surface area contributed by atoms with Crippen molar-refractivity contribution in [3.05, 3.63) is 17.2 Å². The second-order valence-electron chi connectivity index (χ2n) is 5.94. The van der Waals surface area contributed by atoms with Crippen LogP contribution >= 0.6 is 11.6 Å². The van der Waals surface area contributed by atoms with Crippen molar-refractivity contribution < 1.29 is 19.1 Å². The minimum absolute atomic E-state index is 0.0647. The van der Waals surface area contributed by atoms with E-state index < -0.39 is 0 Å². The molecule has 0 aliphatic heterocycles. The van der Waals surface area contributed by atoms with Gasteiger partial charge in [0, 0.05) is 18.2 Å². The van der Waals surface area contributed by atoms with Crippen LogP contribution in [0, 0.1) is 11.8 Å². The average molecular weight is 355 g/mol. The third kappa shape index (κ3) is 4.12. The van der Waals surface area contributed by atoms with Crippen molar-refractivity contribution in [3.8, 4) is 11.5 Å². The number of amides is 2. The maximum absolute atomic E-state index is 12.4. The predicted octanol–water partition coefficient (Wildman–Crippen LogP) is 2.85. The third-order valence-electron chi connectivity index (χ3n) is 4.20. The predicted molar refractivity (Wildman–Crippen MR) is 92.7 cm³/mol. The van der Waals surface area contributed by atoms with Gasteiger partial charge in [0.05, 0.1) is 36.8 Å². The molecule has 1 aromatic rings. The lowest BCUT2D eigenvalue weighted by Gasteiger charge is -2.13. The summed E-state index contributed by atoms with van der Waals surface area (Å²) in [5.74, 6) is 0.0248. The number of rotatable bonds is 7. The molecule has 7 heteroatoms. The maximum Gasteiger partial charge on any atom is 0.228 e. The van der Waals surface area contributed by atoms with E-state index in [0.717, 1.165) is 6.42 Å². The molecule has 0 spiro atoms. The van der Waals surface area contributed by atoms with E-state index in [0.29, 0.717) is 28.6 Å². The molecule has 1 aliphatic carbocycles. The molecule has 3 atom stereocenters. The Morgan fingerprint density at radius 3 is 2.42 bits per heavy atom. The molecule has 2 amide bonds. The molecule has 0 aromatic heterocycles. The SMILES string of the molecule is CCC(C)NC(=O)C1CC1C(=O)Nc1cc(OC)c(Cl)cc1OC. The summed E-state index contributed by atoms with van der Waals surface area (Å²) in [6.07, 6.45) is 1.41. The molecule has 3 unspecified atom stereocenters. The molecule has 6 nitrogen and oxygen atoms in total. The molecule has 132 valence electrons. The maximum atomic E-state index is 12.4. The summed E-state index contributed by atoms with van der Waals surface area (Å²) in [6.45, 7) is 3.95. The van der Waals surface area contributed by atoms with Gasteiger partial charge in [0.1, 0.15) is 11.5 Å². The fourth-order valence-corrected chi connectivity index (χ4v) is 2.64. The average Bonchev–Trinajstić information content (AvgIpc) is 3.36. The molecule has 0 saturated heterocycles. The van der Waals surface area contributed by atoms with Crippen LogP contribution in [-0.2, 0) is 9.59 Å². The molecule has 0 radical (unpaired) electrons. The Morgan fingerprint density at radius 2 is 1.83 bits per heavy atom. The van der Waals surface area contributed by atoms with Gasteiger partial charge in [-0.2, -0.15) is 0 Å². The summed E-state index contributed by atoms with van der Waals surface area (Å²) in [5, 5.41) is 6.10. The summed E-state index contributed by atoms with van der Waals surface area (Å²) in [7, 11) is 2.99. The first-order chi connectivity index (χ1) is 11.4. The molecular weight excluding hydrogens is 332 g/mol. The van der Waals surface area contributed by atoms with Crippen molar-refractivity contribution in [1.82, 2.24) is 5.32 Å². The number of nitrogens with one attached hydrogen (secondary N) is 2. The van der Waals surface area contributed by atoms with Crippen LogP contribution in [0.2, 0.25) is 5.02 Å². The van der Waals surface area contributed by atoms with Gasteiger partial charge in [-0.1, -0.05) is 18.5 Å². The van der Waals surface area contributed by atoms with Crippen LogP contribution in [0.1, 0.15) is 26.7 Å². The minimum Gasteiger partial charge on any atom is -0.495 e. The highest BCUT2D eigenvalue weighted by molar-refractivity contribution is 6.32. The van der Waals surface area contributed by atoms with Gasteiger partial charge in [0.2, 0.25) is 11.8 Å². The van der Waals surface area contributed by atoms with Gasteiger partial charge in [-0.3, -0.25) is 9.59 Å². The van der Waals surface area contributed by atoms with Crippen LogP contribution in [0.3, 0.4) is 0 Å². The number of benzene rings is 1. The number of ether oxygens (including phenoxy) is 2. The summed E-state index contributed by atoms with van der Waals surface area (Å²) >= 11 is 6.05. The number of carbonyl (C=O) groups is 2. The van der Waals surface area contributed by atoms with Gasteiger partial charge < -0.3 is 20.1 Å². The Morgan fingerprint density at radius 1 is 1.21 bits per heavy atom. The number of hydrogen-bond donors (Lipinski definition) is 2. The molecule has 0 bridgehead atoms. The number of anilines is 1. The lowest BCUT2D eigenvalue weighted by molar-refractivity contribution is -0.125. The first-order valence-electron chi connectivity index (χ1n) is 7.94. The zero-order chi connectivity index (χ0) is 17.9. The second-order valence-corrected chi connectivity index (χ2v) is 6.35. The second kappa shape index (κ2) is 7.75. The highest BCUT2D eigenvalue weighted by Crippen LogP contribution is 2.41. The Kier molecular flexibility index (Phi) is 5.94. The van der Waals surface area contributed by atoms with Crippen LogP contribution in [-0.4, -0.2) is 32.1 Å². The van der Waals surface area contributed by atoms with Gasteiger partial charge in [0.25, 0.3) is 0 Å². The Hall–Kier alpha value is -1.95. The quantitative estimate of drug-likeness (QED) is 0.789.